The third kappa shape index (κ3) is 6.28. The van der Waals surface area contributed by atoms with Crippen LogP contribution in [0, 0.1) is 0 Å². The largest absolute Gasteiger partial charge is 0.481 e. The first-order valence-corrected chi connectivity index (χ1v) is 8.10. The summed E-state index contributed by atoms with van der Waals surface area (Å²) in [4.78, 5) is 34.4. The Morgan fingerprint density at radius 2 is 1.74 bits per heavy atom. The Kier molecular flexibility index (Phi) is 7.07. The Labute approximate surface area is 155 Å². The molecule has 140 valence electrons. The van der Waals surface area contributed by atoms with Crippen molar-refractivity contribution in [2.24, 2.45) is 5.10 Å². The quantitative estimate of drug-likeness (QED) is 0.388. The summed E-state index contributed by atoms with van der Waals surface area (Å²) in [5.74, 6) is -2.56. The molecule has 0 spiro atoms. The summed E-state index contributed by atoms with van der Waals surface area (Å²) in [6, 6.07) is 15.5. The number of carboxylic acid groups (broad SMARTS) is 1. The van der Waals surface area contributed by atoms with E-state index in [1.54, 1.807) is 31.2 Å². The van der Waals surface area contributed by atoms with Gasteiger partial charge < -0.3 is 15.2 Å². The normalized spacial score (nSPS) is 11.6. The number of hydrogen-bond acceptors (Lipinski definition) is 5. The predicted octanol–water partition coefficient (Wildman–Crippen LogP) is 1.48. The topological polar surface area (TPSA) is 117 Å². The minimum atomic E-state index is -1.11. The van der Waals surface area contributed by atoms with Gasteiger partial charge >= 0.3 is 17.8 Å². The fourth-order valence-electron chi connectivity index (χ4n) is 2.16. The number of ether oxygens (including phenoxy) is 1. The van der Waals surface area contributed by atoms with Crippen molar-refractivity contribution in [1.29, 1.82) is 0 Å². The first-order valence-electron chi connectivity index (χ1n) is 8.10. The number of amides is 2. The van der Waals surface area contributed by atoms with Crippen molar-refractivity contribution in [3.63, 3.8) is 0 Å². The van der Waals surface area contributed by atoms with Gasteiger partial charge in [0.05, 0.1) is 12.3 Å². The van der Waals surface area contributed by atoms with Crippen molar-refractivity contribution in [2.45, 2.75) is 13.0 Å². The molecule has 3 N–H and O–H groups in total. The Balaban J connectivity index is 1.91. The summed E-state index contributed by atoms with van der Waals surface area (Å²) in [5, 5.41) is 15.0. The molecule has 0 aliphatic heterocycles. The molecule has 0 aromatic heterocycles. The molecule has 27 heavy (non-hydrogen) atoms. The van der Waals surface area contributed by atoms with E-state index in [1.807, 2.05) is 30.3 Å². The van der Waals surface area contributed by atoms with Crippen LogP contribution < -0.4 is 15.5 Å². The van der Waals surface area contributed by atoms with Crippen LogP contribution in [0.15, 0.2) is 59.7 Å². The first-order chi connectivity index (χ1) is 13.0. The van der Waals surface area contributed by atoms with Gasteiger partial charge in [-0.15, -0.1) is 0 Å². The second-order valence-electron chi connectivity index (χ2n) is 5.53. The van der Waals surface area contributed by atoms with Crippen LogP contribution in [-0.4, -0.2) is 35.7 Å². The van der Waals surface area contributed by atoms with Gasteiger partial charge in [-0.25, -0.2) is 10.2 Å². The summed E-state index contributed by atoms with van der Waals surface area (Å²) < 4.78 is 5.12. The fraction of sp³-hybridized carbons (Fsp3) is 0.158. The second kappa shape index (κ2) is 9.71. The molecule has 2 aromatic rings. The zero-order valence-corrected chi connectivity index (χ0v) is 14.6. The molecule has 0 aliphatic rings. The van der Waals surface area contributed by atoms with Gasteiger partial charge in [0.25, 0.3) is 0 Å². The van der Waals surface area contributed by atoms with Crippen molar-refractivity contribution in [3.05, 3.63) is 65.7 Å². The zero-order valence-electron chi connectivity index (χ0n) is 14.6. The van der Waals surface area contributed by atoms with Gasteiger partial charge in [0.2, 0.25) is 0 Å². The van der Waals surface area contributed by atoms with E-state index in [0.717, 1.165) is 5.56 Å². The number of hydrogen-bond donors (Lipinski definition) is 3. The Bertz CT molecular complexity index is 836. The number of benzene rings is 2. The standard InChI is InChI=1S/C19H19N3O5/c1-13(14-7-3-2-4-8-14)21-18(25)19(26)22-20-11-15-9-5-6-10-16(15)27-12-17(23)24/h2-11,13H,12H2,1H3,(H,21,25)(H,22,26)(H,23,24)/b20-11-/t13-/m1/s1. The molecule has 0 saturated carbocycles. The number of para-hydroxylation sites is 1. The van der Waals surface area contributed by atoms with Crippen molar-refractivity contribution in [2.75, 3.05) is 6.61 Å². The van der Waals surface area contributed by atoms with Crippen LogP contribution in [0.1, 0.15) is 24.1 Å². The summed E-state index contributed by atoms with van der Waals surface area (Å²) in [7, 11) is 0. The average molecular weight is 369 g/mol. The number of nitrogens with zero attached hydrogens (tertiary/aromatic N) is 1. The lowest BCUT2D eigenvalue weighted by Crippen LogP contribution is -2.39. The van der Waals surface area contributed by atoms with Gasteiger partial charge in [0.1, 0.15) is 5.75 Å². The van der Waals surface area contributed by atoms with Crippen molar-refractivity contribution in [3.8, 4) is 5.75 Å². The van der Waals surface area contributed by atoms with Crippen LogP contribution in [0.5, 0.6) is 5.75 Å². The van der Waals surface area contributed by atoms with Crippen molar-refractivity contribution in [1.82, 2.24) is 10.7 Å². The first kappa shape index (κ1) is 19.6. The lowest BCUT2D eigenvalue weighted by Gasteiger charge is -2.13. The highest BCUT2D eigenvalue weighted by Gasteiger charge is 2.16. The number of carbonyl (C=O) groups excluding carboxylic acids is 2. The molecule has 2 rings (SSSR count). The summed E-state index contributed by atoms with van der Waals surface area (Å²) in [6.45, 7) is 1.26. The van der Waals surface area contributed by atoms with E-state index >= 15 is 0 Å². The van der Waals surface area contributed by atoms with Crippen molar-refractivity contribution >= 4 is 24.0 Å². The van der Waals surface area contributed by atoms with E-state index in [2.05, 4.69) is 15.8 Å². The van der Waals surface area contributed by atoms with Crippen LogP contribution >= 0.6 is 0 Å². The molecule has 1 atom stereocenters. The minimum Gasteiger partial charge on any atom is -0.481 e. The number of aliphatic carboxylic acids is 1. The third-order valence-electron chi connectivity index (χ3n) is 3.49. The van der Waals surface area contributed by atoms with Gasteiger partial charge in [-0.2, -0.15) is 5.10 Å². The van der Waals surface area contributed by atoms with E-state index in [9.17, 15) is 14.4 Å². The van der Waals surface area contributed by atoms with E-state index in [0.29, 0.717) is 11.3 Å². The molecule has 0 bridgehead atoms. The Hall–Kier alpha value is -3.68. The molecule has 2 amide bonds. The molecule has 0 saturated heterocycles. The minimum absolute atomic E-state index is 0.292. The van der Waals surface area contributed by atoms with E-state index in [1.165, 1.54) is 6.21 Å². The average Bonchev–Trinajstić information content (AvgIpc) is 2.67. The molecule has 0 radical (unpaired) electrons. The van der Waals surface area contributed by atoms with E-state index in [4.69, 9.17) is 9.84 Å². The maximum atomic E-state index is 11.9. The smallest absolute Gasteiger partial charge is 0.341 e. The third-order valence-corrected chi connectivity index (χ3v) is 3.49. The number of nitrogens with one attached hydrogen (secondary N) is 2. The van der Waals surface area contributed by atoms with Gasteiger partial charge in [-0.1, -0.05) is 42.5 Å². The van der Waals surface area contributed by atoms with Gasteiger partial charge in [-0.05, 0) is 24.6 Å². The molecule has 2 aromatic carbocycles. The van der Waals surface area contributed by atoms with Gasteiger partial charge in [0.15, 0.2) is 6.61 Å². The summed E-state index contributed by atoms with van der Waals surface area (Å²) in [6.07, 6.45) is 1.27. The molecular weight excluding hydrogens is 350 g/mol. The van der Waals surface area contributed by atoms with Crippen LogP contribution in [0.25, 0.3) is 0 Å². The number of carbonyl (C=O) groups is 3. The van der Waals surface area contributed by atoms with Gasteiger partial charge in [-0.3, -0.25) is 9.59 Å². The molecular formula is C19H19N3O5. The van der Waals surface area contributed by atoms with Crippen LogP contribution in [0.2, 0.25) is 0 Å². The highest BCUT2D eigenvalue weighted by atomic mass is 16.5. The summed E-state index contributed by atoms with van der Waals surface area (Å²) >= 11 is 0. The Morgan fingerprint density at radius 3 is 2.44 bits per heavy atom. The fourth-order valence-corrected chi connectivity index (χ4v) is 2.16. The molecule has 0 heterocycles. The van der Waals surface area contributed by atoms with E-state index in [-0.39, 0.29) is 6.04 Å². The summed E-state index contributed by atoms with van der Waals surface area (Å²) in [5.41, 5.74) is 3.45. The number of carboxylic acids is 1. The zero-order chi connectivity index (χ0) is 19.6. The molecule has 8 nitrogen and oxygen atoms in total. The Morgan fingerprint density at radius 1 is 1.07 bits per heavy atom. The predicted molar refractivity (Wildman–Crippen MR) is 98.3 cm³/mol. The highest BCUT2D eigenvalue weighted by Crippen LogP contribution is 2.15. The number of hydrazone groups is 1. The van der Waals surface area contributed by atoms with Crippen LogP contribution in [0.3, 0.4) is 0 Å². The lowest BCUT2D eigenvalue weighted by molar-refractivity contribution is -0.139. The van der Waals surface area contributed by atoms with Crippen LogP contribution in [-0.2, 0) is 14.4 Å². The van der Waals surface area contributed by atoms with E-state index < -0.39 is 24.4 Å². The second-order valence-corrected chi connectivity index (χ2v) is 5.53. The molecule has 0 fully saturated rings. The number of rotatable bonds is 7. The maximum absolute atomic E-state index is 11.9. The van der Waals surface area contributed by atoms with Crippen LogP contribution in [0.4, 0.5) is 0 Å². The SMILES string of the molecule is C[C@@H](NC(=O)C(=O)N/N=C\c1ccccc1OCC(=O)O)c1ccccc1. The molecule has 0 aliphatic carbocycles. The maximum Gasteiger partial charge on any atom is 0.341 e. The molecule has 0 unspecified atom stereocenters. The van der Waals surface area contributed by atoms with Crippen molar-refractivity contribution < 1.29 is 24.2 Å². The lowest BCUT2D eigenvalue weighted by atomic mass is 10.1. The monoisotopic (exact) mass is 369 g/mol. The highest BCUT2D eigenvalue weighted by molar-refractivity contribution is 6.35. The van der Waals surface area contributed by atoms with Gasteiger partial charge in [0, 0.05) is 5.56 Å². The molecule has 8 heteroatoms.